The number of ether oxygens (including phenoxy) is 1. The molecule has 1 saturated carbocycles. The molecule has 140 valence electrons. The van der Waals surface area contributed by atoms with Crippen LogP contribution in [0.5, 0.6) is 5.75 Å². The molecule has 1 fully saturated rings. The summed E-state index contributed by atoms with van der Waals surface area (Å²) in [6.07, 6.45) is 1.93. The lowest BCUT2D eigenvalue weighted by atomic mass is 9.84. The molecule has 1 aliphatic rings. The van der Waals surface area contributed by atoms with Crippen molar-refractivity contribution in [3.8, 4) is 5.75 Å². The van der Waals surface area contributed by atoms with Gasteiger partial charge in [-0.05, 0) is 37.1 Å². The van der Waals surface area contributed by atoms with Crippen molar-refractivity contribution < 1.29 is 27.4 Å². The van der Waals surface area contributed by atoms with Crippen LogP contribution in [0.2, 0.25) is 0 Å². The predicted molar refractivity (Wildman–Crippen MR) is 90.4 cm³/mol. The van der Waals surface area contributed by atoms with E-state index >= 15 is 0 Å². The Bertz CT molecular complexity index is 991. The van der Waals surface area contributed by atoms with E-state index in [1.54, 1.807) is 0 Å². The Labute approximate surface area is 155 Å². The Morgan fingerprint density at radius 3 is 2.22 bits per heavy atom. The van der Waals surface area contributed by atoms with Gasteiger partial charge in [0.2, 0.25) is 0 Å². The van der Waals surface area contributed by atoms with Crippen LogP contribution >= 0.6 is 11.3 Å². The van der Waals surface area contributed by atoms with E-state index in [4.69, 9.17) is 4.74 Å². The van der Waals surface area contributed by atoms with Crippen molar-refractivity contribution >= 4 is 11.3 Å². The lowest BCUT2D eigenvalue weighted by Crippen LogP contribution is -2.47. The SMILES string of the molecule is OC(c1cncs1)(c1ccc(F)cc1F)C1(Oc2ccc(F)cc2F)CC1. The highest BCUT2D eigenvalue weighted by atomic mass is 32.1. The summed E-state index contributed by atoms with van der Waals surface area (Å²) in [6.45, 7) is 0. The van der Waals surface area contributed by atoms with E-state index in [-0.39, 0.29) is 29.0 Å². The van der Waals surface area contributed by atoms with Crippen LogP contribution in [0.4, 0.5) is 17.6 Å². The zero-order valence-corrected chi connectivity index (χ0v) is 14.6. The van der Waals surface area contributed by atoms with Gasteiger partial charge < -0.3 is 9.84 Å². The van der Waals surface area contributed by atoms with E-state index in [0.29, 0.717) is 12.1 Å². The molecule has 4 rings (SSSR count). The fourth-order valence-corrected chi connectivity index (χ4v) is 4.02. The highest BCUT2D eigenvalue weighted by Gasteiger charge is 2.65. The zero-order chi connectivity index (χ0) is 19.2. The van der Waals surface area contributed by atoms with Gasteiger partial charge in [-0.3, -0.25) is 4.98 Å². The summed E-state index contributed by atoms with van der Waals surface area (Å²) < 4.78 is 61.0. The van der Waals surface area contributed by atoms with Crippen molar-refractivity contribution in [1.29, 1.82) is 0 Å². The summed E-state index contributed by atoms with van der Waals surface area (Å²) in [6, 6.07) is 5.62. The van der Waals surface area contributed by atoms with Gasteiger partial charge in [-0.1, -0.05) is 0 Å². The summed E-state index contributed by atoms with van der Waals surface area (Å²) in [5, 5.41) is 11.6. The average molecular weight is 395 g/mol. The van der Waals surface area contributed by atoms with Gasteiger partial charge in [0.05, 0.1) is 10.4 Å². The van der Waals surface area contributed by atoms with Crippen molar-refractivity contribution in [2.24, 2.45) is 0 Å². The Hall–Kier alpha value is -2.45. The highest BCUT2D eigenvalue weighted by molar-refractivity contribution is 7.09. The number of hydrogen-bond donors (Lipinski definition) is 1. The fraction of sp³-hybridized carbons (Fsp3) is 0.211. The molecular formula is C19H13F4NO2S. The van der Waals surface area contributed by atoms with Crippen LogP contribution in [-0.4, -0.2) is 15.7 Å². The molecule has 0 aliphatic heterocycles. The highest BCUT2D eigenvalue weighted by Crippen LogP contribution is 2.57. The predicted octanol–water partition coefficient (Wildman–Crippen LogP) is 4.55. The van der Waals surface area contributed by atoms with Crippen LogP contribution in [0, 0.1) is 23.3 Å². The van der Waals surface area contributed by atoms with Gasteiger partial charge >= 0.3 is 0 Å². The summed E-state index contributed by atoms with van der Waals surface area (Å²) in [7, 11) is 0. The van der Waals surface area contributed by atoms with Crippen molar-refractivity contribution in [3.63, 3.8) is 0 Å². The number of halogens is 4. The topological polar surface area (TPSA) is 42.4 Å². The Morgan fingerprint density at radius 2 is 1.67 bits per heavy atom. The van der Waals surface area contributed by atoms with Crippen LogP contribution in [-0.2, 0) is 5.60 Å². The van der Waals surface area contributed by atoms with E-state index in [1.807, 2.05) is 0 Å². The first-order valence-electron chi connectivity index (χ1n) is 8.07. The van der Waals surface area contributed by atoms with Gasteiger partial charge in [0.25, 0.3) is 0 Å². The van der Waals surface area contributed by atoms with Crippen molar-refractivity contribution in [1.82, 2.24) is 4.98 Å². The second-order valence-electron chi connectivity index (χ2n) is 6.37. The van der Waals surface area contributed by atoms with Crippen molar-refractivity contribution in [2.75, 3.05) is 0 Å². The maximum Gasteiger partial charge on any atom is 0.168 e. The molecule has 0 saturated heterocycles. The molecule has 3 aromatic rings. The first-order valence-corrected chi connectivity index (χ1v) is 8.95. The van der Waals surface area contributed by atoms with Crippen LogP contribution in [0.3, 0.4) is 0 Å². The first-order chi connectivity index (χ1) is 12.9. The molecule has 8 heteroatoms. The van der Waals surface area contributed by atoms with Gasteiger partial charge in [0.1, 0.15) is 23.1 Å². The van der Waals surface area contributed by atoms with Crippen LogP contribution in [0.1, 0.15) is 23.3 Å². The minimum atomic E-state index is -2.02. The maximum atomic E-state index is 14.6. The smallest absolute Gasteiger partial charge is 0.168 e. The minimum Gasteiger partial charge on any atom is -0.480 e. The van der Waals surface area contributed by atoms with Crippen LogP contribution < -0.4 is 4.74 Å². The number of benzene rings is 2. The van der Waals surface area contributed by atoms with E-state index in [1.165, 1.54) is 11.7 Å². The van der Waals surface area contributed by atoms with Gasteiger partial charge in [0, 0.05) is 23.9 Å². The number of thiazole rings is 1. The Morgan fingerprint density at radius 1 is 1.00 bits per heavy atom. The summed E-state index contributed by atoms with van der Waals surface area (Å²) >= 11 is 1.07. The quantitative estimate of drug-likeness (QED) is 0.645. The van der Waals surface area contributed by atoms with E-state index in [2.05, 4.69) is 4.98 Å². The van der Waals surface area contributed by atoms with E-state index in [9.17, 15) is 22.7 Å². The number of aromatic nitrogens is 1. The lowest BCUT2D eigenvalue weighted by molar-refractivity contribution is -0.0544. The molecule has 0 amide bonds. The third-order valence-corrected chi connectivity index (χ3v) is 5.55. The normalized spacial score (nSPS) is 17.4. The van der Waals surface area contributed by atoms with Gasteiger partial charge in [0.15, 0.2) is 17.2 Å². The molecule has 1 N–H and O–H groups in total. The molecule has 27 heavy (non-hydrogen) atoms. The monoisotopic (exact) mass is 395 g/mol. The fourth-order valence-electron chi connectivity index (χ4n) is 3.20. The summed E-state index contributed by atoms with van der Waals surface area (Å²) in [4.78, 5) is 4.19. The molecule has 1 aliphatic carbocycles. The molecule has 0 spiro atoms. The number of rotatable bonds is 5. The van der Waals surface area contributed by atoms with Gasteiger partial charge in [-0.2, -0.15) is 0 Å². The first kappa shape index (κ1) is 17.9. The second-order valence-corrected chi connectivity index (χ2v) is 7.26. The second kappa shape index (κ2) is 6.31. The molecule has 1 unspecified atom stereocenters. The molecule has 3 nitrogen and oxygen atoms in total. The molecular weight excluding hydrogens is 382 g/mol. The third-order valence-electron chi connectivity index (χ3n) is 4.67. The van der Waals surface area contributed by atoms with Crippen LogP contribution in [0.15, 0.2) is 48.1 Å². The van der Waals surface area contributed by atoms with Crippen LogP contribution in [0.25, 0.3) is 0 Å². The number of nitrogens with zero attached hydrogens (tertiary/aromatic N) is 1. The largest absolute Gasteiger partial charge is 0.480 e. The van der Waals surface area contributed by atoms with Gasteiger partial charge in [-0.25, -0.2) is 17.6 Å². The van der Waals surface area contributed by atoms with E-state index < -0.39 is 34.5 Å². The molecule has 2 aromatic carbocycles. The molecule has 1 atom stereocenters. The minimum absolute atomic E-state index is 0.201. The standard InChI is InChI=1S/C19H13F4NO2S/c20-11-1-3-13(14(22)7-11)19(25,17-9-24-10-27-17)18(5-6-18)26-16-4-2-12(21)8-15(16)23/h1-4,7-10,25H,5-6H2. The maximum absolute atomic E-state index is 14.6. The molecule has 0 radical (unpaired) electrons. The lowest BCUT2D eigenvalue weighted by Gasteiger charge is -2.36. The zero-order valence-electron chi connectivity index (χ0n) is 13.8. The van der Waals surface area contributed by atoms with E-state index in [0.717, 1.165) is 35.6 Å². The molecule has 0 bridgehead atoms. The summed E-state index contributed by atoms with van der Waals surface area (Å²) in [5.41, 5.74) is -2.16. The third kappa shape index (κ3) is 2.89. The molecule has 1 aromatic heterocycles. The van der Waals surface area contributed by atoms with Crippen molar-refractivity contribution in [2.45, 2.75) is 24.0 Å². The Kier molecular flexibility index (Phi) is 4.20. The molecule has 1 heterocycles. The van der Waals surface area contributed by atoms with Crippen molar-refractivity contribution in [3.05, 3.63) is 81.8 Å². The Balaban J connectivity index is 1.84. The number of hydrogen-bond acceptors (Lipinski definition) is 4. The van der Waals surface area contributed by atoms with Gasteiger partial charge in [-0.15, -0.1) is 11.3 Å². The average Bonchev–Trinajstić information content (AvgIpc) is 3.19. The summed E-state index contributed by atoms with van der Waals surface area (Å²) in [5.74, 6) is -3.72. The number of aliphatic hydroxyl groups is 1.